The summed E-state index contributed by atoms with van der Waals surface area (Å²) >= 11 is 1.35. The smallest absolute Gasteiger partial charge is 0.275 e. The second kappa shape index (κ2) is 8.98. The van der Waals surface area contributed by atoms with Crippen molar-refractivity contribution in [2.24, 2.45) is 5.73 Å². The van der Waals surface area contributed by atoms with E-state index in [2.05, 4.69) is 10.3 Å². The van der Waals surface area contributed by atoms with Crippen molar-refractivity contribution >= 4 is 46.9 Å². The average Bonchev–Trinajstić information content (AvgIpc) is 3.11. The lowest BCUT2D eigenvalue weighted by Crippen LogP contribution is -2.35. The zero-order valence-electron chi connectivity index (χ0n) is 14.4. The molecule has 0 bridgehead atoms. The zero-order valence-corrected chi connectivity index (χ0v) is 16.0. The Labute approximate surface area is 162 Å². The van der Waals surface area contributed by atoms with Crippen molar-refractivity contribution in [1.82, 2.24) is 4.98 Å². The van der Waals surface area contributed by atoms with E-state index in [4.69, 9.17) is 10.5 Å². The number of ether oxygens (including phenoxy) is 1. The Kier molecular flexibility index (Phi) is 6.96. The molecule has 0 radical (unpaired) electrons. The van der Waals surface area contributed by atoms with Crippen LogP contribution in [0.1, 0.15) is 34.8 Å². The van der Waals surface area contributed by atoms with Crippen LogP contribution in [0.15, 0.2) is 23.6 Å². The molecule has 2 amide bonds. The van der Waals surface area contributed by atoms with Gasteiger partial charge in [-0.05, 0) is 31.0 Å². The van der Waals surface area contributed by atoms with Gasteiger partial charge in [0.25, 0.3) is 5.91 Å². The van der Waals surface area contributed by atoms with Crippen molar-refractivity contribution in [2.75, 3.05) is 23.9 Å². The molecule has 1 aromatic carbocycles. The maximum atomic E-state index is 12.3. The number of aromatic nitrogens is 1. The van der Waals surface area contributed by atoms with E-state index in [1.807, 2.05) is 0 Å². The first-order chi connectivity index (χ1) is 12.1. The summed E-state index contributed by atoms with van der Waals surface area (Å²) in [5, 5.41) is 5.20. The van der Waals surface area contributed by atoms with Crippen LogP contribution in [-0.2, 0) is 11.3 Å². The van der Waals surface area contributed by atoms with E-state index >= 15 is 0 Å². The third-order valence-electron chi connectivity index (χ3n) is 4.01. The minimum Gasteiger partial charge on any atom is -0.495 e. The predicted octanol–water partition coefficient (Wildman–Crippen LogP) is 2.80. The Hall–Kier alpha value is -2.16. The first-order valence-corrected chi connectivity index (χ1v) is 8.94. The van der Waals surface area contributed by atoms with Crippen LogP contribution in [0.25, 0.3) is 0 Å². The minimum atomic E-state index is -0.308. The lowest BCUT2D eigenvalue weighted by Gasteiger charge is -2.28. The number of nitrogens with two attached hydrogens (primary N) is 1. The second-order valence-electron chi connectivity index (χ2n) is 5.67. The number of piperidine rings is 1. The highest BCUT2D eigenvalue weighted by Gasteiger charge is 2.23. The van der Waals surface area contributed by atoms with E-state index in [0.717, 1.165) is 12.8 Å². The third-order valence-corrected chi connectivity index (χ3v) is 4.88. The molecule has 2 heterocycles. The standard InChI is InChI=1S/C17H20N4O3S.ClH/c1-24-14-6-5-11(8-13(14)21-7-3-2-4-16(21)22)19-17(23)12-10-25-15(9-18)20-12;/h5-6,8,10H,2-4,7,9,18H2,1H3,(H,19,23);1H. The number of hydrogen-bond acceptors (Lipinski definition) is 6. The molecule has 26 heavy (non-hydrogen) atoms. The first kappa shape index (κ1) is 20.2. The fraction of sp³-hybridized carbons (Fsp3) is 0.353. The molecule has 0 saturated carbocycles. The Morgan fingerprint density at radius 2 is 2.23 bits per heavy atom. The van der Waals surface area contributed by atoms with Crippen molar-refractivity contribution in [3.05, 3.63) is 34.3 Å². The molecule has 9 heteroatoms. The van der Waals surface area contributed by atoms with Gasteiger partial charge >= 0.3 is 0 Å². The second-order valence-corrected chi connectivity index (χ2v) is 6.62. The number of benzene rings is 1. The molecule has 3 rings (SSSR count). The van der Waals surface area contributed by atoms with Crippen molar-refractivity contribution in [2.45, 2.75) is 25.8 Å². The van der Waals surface area contributed by atoms with E-state index in [1.54, 1.807) is 35.6 Å². The van der Waals surface area contributed by atoms with Gasteiger partial charge in [0.15, 0.2) is 0 Å². The third kappa shape index (κ3) is 4.32. The van der Waals surface area contributed by atoms with Gasteiger partial charge in [-0.1, -0.05) is 0 Å². The molecule has 1 aliphatic heterocycles. The van der Waals surface area contributed by atoms with E-state index in [1.165, 1.54) is 11.3 Å². The number of carbonyl (C=O) groups excluding carboxylic acids is 2. The molecular weight excluding hydrogens is 376 g/mol. The van der Waals surface area contributed by atoms with Gasteiger partial charge in [0, 0.05) is 30.6 Å². The highest BCUT2D eigenvalue weighted by atomic mass is 35.5. The number of anilines is 2. The van der Waals surface area contributed by atoms with Gasteiger partial charge < -0.3 is 20.7 Å². The number of methoxy groups -OCH3 is 1. The monoisotopic (exact) mass is 396 g/mol. The predicted molar refractivity (Wildman–Crippen MR) is 104 cm³/mol. The van der Waals surface area contributed by atoms with Gasteiger partial charge in [-0.2, -0.15) is 0 Å². The molecule has 0 aliphatic carbocycles. The Morgan fingerprint density at radius 1 is 1.42 bits per heavy atom. The summed E-state index contributed by atoms with van der Waals surface area (Å²) in [5.74, 6) is 0.365. The van der Waals surface area contributed by atoms with Gasteiger partial charge in [0.2, 0.25) is 5.91 Å². The number of rotatable bonds is 5. The highest BCUT2D eigenvalue weighted by Crippen LogP contribution is 2.33. The first-order valence-electron chi connectivity index (χ1n) is 8.06. The Morgan fingerprint density at radius 3 is 2.88 bits per heavy atom. The molecule has 3 N–H and O–H groups in total. The van der Waals surface area contributed by atoms with Crippen LogP contribution >= 0.6 is 23.7 Å². The topological polar surface area (TPSA) is 97.5 Å². The lowest BCUT2D eigenvalue weighted by atomic mass is 10.1. The van der Waals surface area contributed by atoms with Crippen LogP contribution < -0.4 is 20.7 Å². The van der Waals surface area contributed by atoms with Crippen LogP contribution in [0.2, 0.25) is 0 Å². The number of carbonyl (C=O) groups is 2. The van der Waals surface area contributed by atoms with E-state index < -0.39 is 0 Å². The quantitative estimate of drug-likeness (QED) is 0.809. The van der Waals surface area contributed by atoms with Crippen LogP contribution in [0, 0.1) is 0 Å². The number of nitrogens with zero attached hydrogens (tertiary/aromatic N) is 2. The maximum Gasteiger partial charge on any atom is 0.275 e. The Balaban J connectivity index is 0.00000243. The summed E-state index contributed by atoms with van der Waals surface area (Å²) < 4.78 is 5.38. The molecule has 0 atom stereocenters. The molecule has 0 unspecified atom stereocenters. The molecule has 140 valence electrons. The summed E-state index contributed by atoms with van der Waals surface area (Å²) in [4.78, 5) is 30.4. The number of amides is 2. The van der Waals surface area contributed by atoms with Gasteiger partial charge in [-0.25, -0.2) is 4.98 Å². The SMILES string of the molecule is COc1ccc(NC(=O)c2csc(CN)n2)cc1N1CCCCC1=O.Cl. The number of halogens is 1. The molecule has 1 aliphatic rings. The summed E-state index contributed by atoms with van der Waals surface area (Å²) in [5.41, 5.74) is 7.12. The number of hydrogen-bond donors (Lipinski definition) is 2. The van der Waals surface area contributed by atoms with Gasteiger partial charge in [0.05, 0.1) is 12.8 Å². The van der Waals surface area contributed by atoms with Gasteiger partial charge in [-0.15, -0.1) is 23.7 Å². The summed E-state index contributed by atoms with van der Waals surface area (Å²) in [6, 6.07) is 5.25. The fourth-order valence-corrected chi connectivity index (χ4v) is 3.40. The zero-order chi connectivity index (χ0) is 17.8. The van der Waals surface area contributed by atoms with Gasteiger partial charge in [0.1, 0.15) is 16.5 Å². The molecule has 1 fully saturated rings. The molecule has 1 saturated heterocycles. The average molecular weight is 397 g/mol. The van der Waals surface area contributed by atoms with Crippen molar-refractivity contribution < 1.29 is 14.3 Å². The molecular formula is C17H21ClN4O3S. The summed E-state index contributed by atoms with van der Waals surface area (Å²) in [7, 11) is 1.56. The number of nitrogens with one attached hydrogen (secondary N) is 1. The minimum absolute atomic E-state index is 0. The lowest BCUT2D eigenvalue weighted by molar-refractivity contribution is -0.119. The summed E-state index contributed by atoms with van der Waals surface area (Å²) in [6.45, 7) is 0.959. The van der Waals surface area contributed by atoms with E-state index in [-0.39, 0.29) is 24.2 Å². The van der Waals surface area contributed by atoms with Crippen molar-refractivity contribution in [3.63, 3.8) is 0 Å². The normalized spacial score (nSPS) is 13.9. The van der Waals surface area contributed by atoms with Crippen molar-refractivity contribution in [1.29, 1.82) is 0 Å². The highest BCUT2D eigenvalue weighted by molar-refractivity contribution is 7.09. The van der Waals surface area contributed by atoms with Crippen molar-refractivity contribution in [3.8, 4) is 5.75 Å². The molecule has 2 aromatic rings. The summed E-state index contributed by atoms with van der Waals surface area (Å²) in [6.07, 6.45) is 2.38. The van der Waals surface area contributed by atoms with Crippen LogP contribution in [-0.4, -0.2) is 30.5 Å². The van der Waals surface area contributed by atoms with E-state index in [0.29, 0.717) is 47.3 Å². The van der Waals surface area contributed by atoms with E-state index in [9.17, 15) is 9.59 Å². The molecule has 1 aromatic heterocycles. The number of thiazole rings is 1. The van der Waals surface area contributed by atoms with Crippen LogP contribution in [0.3, 0.4) is 0 Å². The van der Waals surface area contributed by atoms with Gasteiger partial charge in [-0.3, -0.25) is 9.59 Å². The largest absolute Gasteiger partial charge is 0.495 e. The molecule has 0 spiro atoms. The van der Waals surface area contributed by atoms with Crippen LogP contribution in [0.5, 0.6) is 5.75 Å². The Bertz CT molecular complexity index is 796. The molecule has 7 nitrogen and oxygen atoms in total. The van der Waals surface area contributed by atoms with Crippen LogP contribution in [0.4, 0.5) is 11.4 Å². The fourth-order valence-electron chi connectivity index (χ4n) is 2.74. The maximum absolute atomic E-state index is 12.3.